The maximum atomic E-state index is 7.53. The number of pyridine rings is 2. The van der Waals surface area contributed by atoms with Crippen molar-refractivity contribution in [3.63, 3.8) is 0 Å². The monoisotopic (exact) mass is 280 g/mol. The Balaban J connectivity index is 2.05. The summed E-state index contributed by atoms with van der Waals surface area (Å²) in [6.07, 6.45) is 5.53. The average molecular weight is 280 g/mol. The highest BCUT2D eigenvalue weighted by atomic mass is 16.5. The summed E-state index contributed by atoms with van der Waals surface area (Å²) in [5.74, 6) is 0.734. The minimum atomic E-state index is 0.239. The van der Waals surface area contributed by atoms with Crippen molar-refractivity contribution in [3.8, 4) is 16.9 Å². The van der Waals surface area contributed by atoms with E-state index in [1.165, 1.54) is 0 Å². The van der Waals surface area contributed by atoms with Gasteiger partial charge in [-0.15, -0.1) is 5.10 Å². The smallest absolute Gasteiger partial charge is 0.178 e. The van der Waals surface area contributed by atoms with Gasteiger partial charge >= 0.3 is 0 Å². The minimum Gasteiger partial charge on any atom is -0.492 e. The first-order chi connectivity index (χ1) is 10.8. The van der Waals surface area contributed by atoms with Crippen LogP contribution in [0.15, 0.2) is 43.0 Å². The quantitative estimate of drug-likeness (QED) is 0.626. The van der Waals surface area contributed by atoms with Gasteiger partial charge < -0.3 is 4.74 Å². The third-order valence-electron chi connectivity index (χ3n) is 3.34. The highest BCUT2D eigenvalue weighted by Gasteiger charge is 2.14. The molecule has 21 heavy (non-hydrogen) atoms. The number of aromatic amines is 1. The van der Waals surface area contributed by atoms with E-state index >= 15 is 0 Å². The fraction of sp³-hybridized carbons (Fsp3) is 0.133. The lowest BCUT2D eigenvalue weighted by Gasteiger charge is -2.09. The largest absolute Gasteiger partial charge is 0.492 e. The van der Waals surface area contributed by atoms with E-state index in [4.69, 9.17) is 6.11 Å². The van der Waals surface area contributed by atoms with Gasteiger partial charge in [0.05, 0.1) is 31.3 Å². The average Bonchev–Trinajstić information content (AvgIpc) is 3.08. The number of nitrogens with one attached hydrogen (secondary N) is 1. The number of ether oxygens (including phenoxy) is 1. The molecule has 104 valence electrons. The van der Waals surface area contributed by atoms with Crippen LogP contribution in [0.1, 0.15) is 8.29 Å². The summed E-state index contributed by atoms with van der Waals surface area (Å²) in [5.41, 5.74) is 3.51. The molecule has 0 atom stereocenters. The molecule has 4 aromatic rings. The van der Waals surface area contributed by atoms with E-state index in [9.17, 15) is 0 Å². The van der Waals surface area contributed by atoms with E-state index in [1.54, 1.807) is 23.0 Å². The van der Waals surface area contributed by atoms with Crippen molar-refractivity contribution in [1.82, 2.24) is 24.8 Å². The summed E-state index contributed by atoms with van der Waals surface area (Å²) in [7, 11) is 0. The standard InChI is InChI=1S/C15H13N5O/c1-2-21-11-6-12(10-4-3-5-16-7-10)14-13-8-17-18-15(13)19-20(14)9-11/h3-9H,2H2,1H3,(H,18,19)/i5D. The zero-order chi connectivity index (χ0) is 15.1. The third kappa shape index (κ3) is 1.84. The molecule has 4 aromatic heterocycles. The van der Waals surface area contributed by atoms with Crippen LogP contribution in [0, 0.1) is 0 Å². The number of fused-ring (bicyclic) bond motifs is 3. The van der Waals surface area contributed by atoms with Crippen LogP contribution in [0.4, 0.5) is 0 Å². The van der Waals surface area contributed by atoms with Crippen LogP contribution >= 0.6 is 0 Å². The van der Waals surface area contributed by atoms with Gasteiger partial charge in [0, 0.05) is 23.5 Å². The van der Waals surface area contributed by atoms with E-state index < -0.39 is 0 Å². The first-order valence-electron chi connectivity index (χ1n) is 7.17. The summed E-state index contributed by atoms with van der Waals surface area (Å²) in [6, 6.07) is 5.51. The van der Waals surface area contributed by atoms with Crippen LogP contribution in [0.25, 0.3) is 27.7 Å². The van der Waals surface area contributed by atoms with Crippen LogP contribution in [0.2, 0.25) is 0 Å². The lowest BCUT2D eigenvalue weighted by atomic mass is 10.1. The summed E-state index contributed by atoms with van der Waals surface area (Å²) in [5, 5.41) is 12.3. The summed E-state index contributed by atoms with van der Waals surface area (Å²) in [6.45, 7) is 2.52. The Morgan fingerprint density at radius 3 is 3.19 bits per heavy atom. The van der Waals surface area contributed by atoms with Gasteiger partial charge in [-0.25, -0.2) is 4.52 Å². The van der Waals surface area contributed by atoms with E-state index in [-0.39, 0.29) is 6.17 Å². The molecule has 0 aliphatic rings. The second-order valence-electron chi connectivity index (χ2n) is 4.62. The van der Waals surface area contributed by atoms with Crippen LogP contribution < -0.4 is 4.74 Å². The topological polar surface area (TPSA) is 68.1 Å². The number of aromatic nitrogens is 5. The first kappa shape index (κ1) is 10.8. The minimum absolute atomic E-state index is 0.239. The number of hydrogen-bond donors (Lipinski definition) is 1. The molecule has 0 saturated carbocycles. The van der Waals surface area contributed by atoms with Gasteiger partial charge in [-0.2, -0.15) is 5.10 Å². The Kier molecular flexibility index (Phi) is 2.37. The zero-order valence-corrected chi connectivity index (χ0v) is 11.4. The van der Waals surface area contributed by atoms with Crippen molar-refractivity contribution in [2.45, 2.75) is 6.92 Å². The maximum absolute atomic E-state index is 7.53. The van der Waals surface area contributed by atoms with Crippen LogP contribution in [-0.2, 0) is 0 Å². The van der Waals surface area contributed by atoms with E-state index in [0.29, 0.717) is 6.61 Å². The van der Waals surface area contributed by atoms with Gasteiger partial charge in [-0.05, 0) is 19.1 Å². The highest BCUT2D eigenvalue weighted by Crippen LogP contribution is 2.32. The van der Waals surface area contributed by atoms with E-state index in [0.717, 1.165) is 33.4 Å². The predicted molar refractivity (Wildman–Crippen MR) is 79.2 cm³/mol. The number of rotatable bonds is 3. The Bertz CT molecular complexity index is 957. The molecular formula is C15H13N5O. The first-order valence-corrected chi connectivity index (χ1v) is 6.67. The Hall–Kier alpha value is -2.89. The third-order valence-corrected chi connectivity index (χ3v) is 3.34. The van der Waals surface area contributed by atoms with Crippen molar-refractivity contribution >= 4 is 16.6 Å². The molecule has 0 radical (unpaired) electrons. The molecule has 0 aliphatic heterocycles. The Morgan fingerprint density at radius 2 is 2.38 bits per heavy atom. The summed E-state index contributed by atoms with van der Waals surface area (Å²) >= 11 is 0. The lowest BCUT2D eigenvalue weighted by Crippen LogP contribution is -1.97. The molecule has 1 N–H and O–H groups in total. The molecule has 6 nitrogen and oxygen atoms in total. The van der Waals surface area contributed by atoms with Crippen LogP contribution in [0.3, 0.4) is 0 Å². The van der Waals surface area contributed by atoms with Gasteiger partial charge in [-0.1, -0.05) is 6.07 Å². The zero-order valence-electron chi connectivity index (χ0n) is 12.4. The Morgan fingerprint density at radius 1 is 1.43 bits per heavy atom. The van der Waals surface area contributed by atoms with Gasteiger partial charge in [0.1, 0.15) is 5.75 Å². The molecule has 4 rings (SSSR count). The SMILES string of the molecule is [2H]c1ccc(-c2cc(OCC)cn3nc4[nH]ncc4c23)cn1. The van der Waals surface area contributed by atoms with Crippen molar-refractivity contribution in [2.24, 2.45) is 0 Å². The number of H-pyrrole nitrogens is 1. The van der Waals surface area contributed by atoms with Gasteiger partial charge in [-0.3, -0.25) is 10.1 Å². The maximum Gasteiger partial charge on any atom is 0.178 e. The second kappa shape index (κ2) is 4.59. The molecule has 0 aromatic carbocycles. The second-order valence-corrected chi connectivity index (χ2v) is 4.62. The normalized spacial score (nSPS) is 12.0. The molecule has 0 amide bonds. The summed E-state index contributed by atoms with van der Waals surface area (Å²) in [4.78, 5) is 4.06. The highest BCUT2D eigenvalue weighted by molar-refractivity contribution is 6.00. The molecule has 4 heterocycles. The summed E-state index contributed by atoms with van der Waals surface area (Å²) < 4.78 is 15.0. The molecule has 0 spiro atoms. The molecule has 6 heteroatoms. The van der Waals surface area contributed by atoms with Gasteiger partial charge in [0.15, 0.2) is 5.65 Å². The molecule has 0 unspecified atom stereocenters. The predicted octanol–water partition coefficient (Wildman–Crippen LogP) is 2.67. The van der Waals surface area contributed by atoms with Crippen molar-refractivity contribution < 1.29 is 6.11 Å². The van der Waals surface area contributed by atoms with Crippen molar-refractivity contribution in [2.75, 3.05) is 6.61 Å². The fourth-order valence-corrected chi connectivity index (χ4v) is 2.49. The van der Waals surface area contributed by atoms with Crippen LogP contribution in [-0.4, -0.2) is 31.4 Å². The molecule has 0 bridgehead atoms. The lowest BCUT2D eigenvalue weighted by molar-refractivity contribution is 0.338. The van der Waals surface area contributed by atoms with Gasteiger partial charge in [0.2, 0.25) is 0 Å². The van der Waals surface area contributed by atoms with Gasteiger partial charge in [0.25, 0.3) is 0 Å². The van der Waals surface area contributed by atoms with E-state index in [1.807, 2.05) is 25.3 Å². The fourth-order valence-electron chi connectivity index (χ4n) is 2.49. The number of nitrogens with zero attached hydrogens (tertiary/aromatic N) is 4. The molecular weight excluding hydrogens is 266 g/mol. The van der Waals surface area contributed by atoms with E-state index in [2.05, 4.69) is 20.3 Å². The van der Waals surface area contributed by atoms with Crippen molar-refractivity contribution in [3.05, 3.63) is 43.0 Å². The van der Waals surface area contributed by atoms with Crippen LogP contribution in [0.5, 0.6) is 5.75 Å². The number of hydrogen-bond acceptors (Lipinski definition) is 4. The molecule has 0 fully saturated rings. The Labute approximate surface area is 121 Å². The van der Waals surface area contributed by atoms with Crippen molar-refractivity contribution in [1.29, 1.82) is 0 Å². The molecule has 0 aliphatic carbocycles. The molecule has 0 saturated heterocycles.